The molecule has 0 saturated carbocycles. The fourth-order valence-corrected chi connectivity index (χ4v) is 4.07. The predicted molar refractivity (Wildman–Crippen MR) is 108 cm³/mol. The first-order valence-electron chi connectivity index (χ1n) is 9.39. The summed E-state index contributed by atoms with van der Waals surface area (Å²) in [6.07, 6.45) is -5.95. The number of amides is 1. The van der Waals surface area contributed by atoms with Crippen molar-refractivity contribution in [1.29, 1.82) is 0 Å². The third kappa shape index (κ3) is 5.63. The molecule has 0 unspecified atom stereocenters. The van der Waals surface area contributed by atoms with E-state index in [1.165, 1.54) is 37.3 Å². The minimum absolute atomic E-state index is 0.0338. The summed E-state index contributed by atoms with van der Waals surface area (Å²) >= 11 is 0. The Morgan fingerprint density at radius 3 is 2.16 bits per heavy atom. The van der Waals surface area contributed by atoms with E-state index in [4.69, 9.17) is 8.92 Å². The molecule has 2 aromatic carbocycles. The summed E-state index contributed by atoms with van der Waals surface area (Å²) in [5, 5.41) is 2.18. The molecule has 0 heterocycles. The van der Waals surface area contributed by atoms with E-state index < -0.39 is 33.9 Å². The summed E-state index contributed by atoms with van der Waals surface area (Å²) in [5.41, 5.74) is -2.68. The number of ether oxygens (including phenoxy) is 1. The average Bonchev–Trinajstić information content (AvgIpc) is 2.68. The Labute approximate surface area is 179 Å². The molecule has 1 N–H and O–H groups in total. The van der Waals surface area contributed by atoms with E-state index in [2.05, 4.69) is 5.32 Å². The number of hydrogen-bond donors (Lipinski definition) is 1. The Hall–Kier alpha value is -2.43. The number of halogens is 3. The van der Waals surface area contributed by atoms with Crippen LogP contribution in [0, 0.1) is 6.92 Å². The Morgan fingerprint density at radius 2 is 1.65 bits per heavy atom. The van der Waals surface area contributed by atoms with Gasteiger partial charge in [0.1, 0.15) is 0 Å². The molecule has 2 rings (SSSR count). The molecule has 6 nitrogen and oxygen atoms in total. The Morgan fingerprint density at radius 1 is 1.06 bits per heavy atom. The van der Waals surface area contributed by atoms with Gasteiger partial charge in [-0.25, -0.2) is 0 Å². The highest BCUT2D eigenvalue weighted by molar-refractivity contribution is 7.86. The number of benzene rings is 2. The van der Waals surface area contributed by atoms with Crippen molar-refractivity contribution in [3.63, 3.8) is 0 Å². The molecule has 0 spiro atoms. The summed E-state index contributed by atoms with van der Waals surface area (Å²) in [4.78, 5) is 12.5. The van der Waals surface area contributed by atoms with Gasteiger partial charge in [-0.05, 0) is 32.4 Å². The van der Waals surface area contributed by atoms with E-state index in [0.717, 1.165) is 24.8 Å². The van der Waals surface area contributed by atoms with Crippen molar-refractivity contribution in [3.8, 4) is 0 Å². The molecule has 170 valence electrons. The fourth-order valence-electron chi connectivity index (χ4n) is 2.96. The van der Waals surface area contributed by atoms with Gasteiger partial charge in [0.05, 0.1) is 11.0 Å². The van der Waals surface area contributed by atoms with Crippen molar-refractivity contribution in [2.24, 2.45) is 0 Å². The lowest BCUT2D eigenvalue weighted by Gasteiger charge is -2.33. The number of carbonyl (C=O) groups excluding carboxylic acids is 1. The smallest absolute Gasteiger partial charge is 0.356 e. The predicted octanol–water partition coefficient (Wildman–Crippen LogP) is 3.70. The second-order valence-electron chi connectivity index (χ2n) is 6.97. The topological polar surface area (TPSA) is 81.7 Å². The molecule has 0 aromatic heterocycles. The molecule has 10 heteroatoms. The molecule has 1 amide bonds. The first-order valence-corrected chi connectivity index (χ1v) is 10.8. The number of nitrogens with one attached hydrogen (secondary N) is 1. The molecule has 0 aliphatic carbocycles. The minimum atomic E-state index is -5.02. The summed E-state index contributed by atoms with van der Waals surface area (Å²) in [5.74, 6) is -1.40. The number of alkyl halides is 3. The lowest BCUT2D eigenvalue weighted by Crippen LogP contribution is -2.56. The molecule has 2 aromatic rings. The van der Waals surface area contributed by atoms with Crippen molar-refractivity contribution in [2.75, 3.05) is 13.7 Å². The van der Waals surface area contributed by atoms with Crippen molar-refractivity contribution < 1.29 is 35.3 Å². The largest absolute Gasteiger partial charge is 0.430 e. The van der Waals surface area contributed by atoms with Crippen LogP contribution in [-0.4, -0.2) is 40.3 Å². The van der Waals surface area contributed by atoms with Gasteiger partial charge in [-0.3, -0.25) is 8.98 Å². The molecular weight excluding hydrogens is 435 g/mol. The first-order chi connectivity index (χ1) is 14.4. The van der Waals surface area contributed by atoms with Gasteiger partial charge in [0.15, 0.2) is 0 Å². The Kier molecular flexibility index (Phi) is 7.85. The van der Waals surface area contributed by atoms with Crippen LogP contribution in [-0.2, 0) is 29.4 Å². The molecule has 0 fully saturated rings. The quantitative estimate of drug-likeness (QED) is 0.579. The zero-order chi connectivity index (χ0) is 23.3. The van der Waals surface area contributed by atoms with Crippen molar-refractivity contribution in [1.82, 2.24) is 5.32 Å². The number of methoxy groups -OCH3 is 1. The number of aryl methyl sites for hydroxylation is 1. The average molecular weight is 459 g/mol. The molecule has 0 radical (unpaired) electrons. The highest BCUT2D eigenvalue weighted by atomic mass is 32.2. The normalized spacial score (nSPS) is 15.2. The van der Waals surface area contributed by atoms with Crippen LogP contribution < -0.4 is 5.32 Å². The maximum Gasteiger partial charge on any atom is 0.430 e. The molecule has 0 aliphatic rings. The SMILES string of the molecule is CO[C@@](C(=O)NCC[C@H](C)OS(=O)(=O)c1ccc(C)cc1)(c1ccccc1)C(F)(F)F. The maximum atomic E-state index is 13.8. The summed E-state index contributed by atoms with van der Waals surface area (Å²) < 4.78 is 75.9. The summed E-state index contributed by atoms with van der Waals surface area (Å²) in [6, 6.07) is 12.6. The fraction of sp³-hybridized carbons (Fsp3) is 0.381. The maximum absolute atomic E-state index is 13.8. The van der Waals surface area contributed by atoms with Gasteiger partial charge in [-0.2, -0.15) is 21.6 Å². The lowest BCUT2D eigenvalue weighted by molar-refractivity contribution is -0.265. The summed E-state index contributed by atoms with van der Waals surface area (Å²) in [7, 11) is -3.24. The molecule has 0 aliphatic heterocycles. The molecule has 0 bridgehead atoms. The molecule has 2 atom stereocenters. The van der Waals surface area contributed by atoms with Crippen LogP contribution in [0.15, 0.2) is 59.5 Å². The zero-order valence-corrected chi connectivity index (χ0v) is 18.1. The Bertz CT molecular complexity index is 978. The molecular formula is C21H24F3NO5S. The van der Waals surface area contributed by atoms with Gasteiger partial charge in [0.2, 0.25) is 0 Å². The van der Waals surface area contributed by atoms with Crippen LogP contribution in [0.4, 0.5) is 13.2 Å². The molecule has 31 heavy (non-hydrogen) atoms. The van der Waals surface area contributed by atoms with E-state index in [1.54, 1.807) is 19.1 Å². The van der Waals surface area contributed by atoms with Gasteiger partial charge in [0.25, 0.3) is 21.6 Å². The summed E-state index contributed by atoms with van der Waals surface area (Å²) in [6.45, 7) is 3.00. The van der Waals surface area contributed by atoms with Crippen LogP contribution in [0.2, 0.25) is 0 Å². The van der Waals surface area contributed by atoms with Crippen LogP contribution in [0.5, 0.6) is 0 Å². The Balaban J connectivity index is 2.06. The van der Waals surface area contributed by atoms with Crippen molar-refractivity contribution in [3.05, 3.63) is 65.7 Å². The van der Waals surface area contributed by atoms with E-state index in [9.17, 15) is 26.4 Å². The van der Waals surface area contributed by atoms with Crippen LogP contribution in [0.3, 0.4) is 0 Å². The minimum Gasteiger partial charge on any atom is -0.356 e. The van der Waals surface area contributed by atoms with Crippen LogP contribution in [0.1, 0.15) is 24.5 Å². The van der Waals surface area contributed by atoms with E-state index >= 15 is 0 Å². The number of rotatable bonds is 9. The first kappa shape index (κ1) is 24.8. The number of carbonyl (C=O) groups is 1. The zero-order valence-electron chi connectivity index (χ0n) is 17.3. The second-order valence-corrected chi connectivity index (χ2v) is 8.54. The van der Waals surface area contributed by atoms with Crippen molar-refractivity contribution >= 4 is 16.0 Å². The van der Waals surface area contributed by atoms with Crippen LogP contribution >= 0.6 is 0 Å². The van der Waals surface area contributed by atoms with E-state index in [0.29, 0.717) is 0 Å². The van der Waals surface area contributed by atoms with Crippen molar-refractivity contribution in [2.45, 2.75) is 43.0 Å². The highest BCUT2D eigenvalue weighted by Gasteiger charge is 2.62. The highest BCUT2D eigenvalue weighted by Crippen LogP contribution is 2.42. The third-order valence-corrected chi connectivity index (χ3v) is 6.07. The van der Waals surface area contributed by atoms with Gasteiger partial charge in [-0.1, -0.05) is 48.0 Å². The second kappa shape index (κ2) is 9.80. The van der Waals surface area contributed by atoms with Gasteiger partial charge >= 0.3 is 6.18 Å². The molecule has 0 saturated heterocycles. The standard InChI is InChI=1S/C21H24F3NO5S/c1-15-9-11-18(12-10-15)31(27,28)30-16(2)13-14-25-19(26)20(29-3,21(22,23)24)17-7-5-4-6-8-17/h4-12,16H,13-14H2,1-3H3,(H,25,26)/t16-,20+/m0/s1. The third-order valence-electron chi connectivity index (χ3n) is 4.64. The van der Waals surface area contributed by atoms with Gasteiger partial charge < -0.3 is 10.1 Å². The van der Waals surface area contributed by atoms with Gasteiger partial charge in [0, 0.05) is 19.2 Å². The lowest BCUT2D eigenvalue weighted by atomic mass is 9.91. The van der Waals surface area contributed by atoms with Gasteiger partial charge in [-0.15, -0.1) is 0 Å². The monoisotopic (exact) mass is 459 g/mol. The van der Waals surface area contributed by atoms with E-state index in [-0.39, 0.29) is 23.4 Å². The number of hydrogen-bond acceptors (Lipinski definition) is 5. The van der Waals surface area contributed by atoms with E-state index in [1.807, 2.05) is 0 Å². The van der Waals surface area contributed by atoms with Crippen LogP contribution in [0.25, 0.3) is 0 Å².